The van der Waals surface area contributed by atoms with E-state index in [1.165, 1.54) is 34.1 Å². The molecular weight excluding hydrogens is 503 g/mol. The van der Waals surface area contributed by atoms with Crippen LogP contribution in [0.25, 0.3) is 0 Å². The van der Waals surface area contributed by atoms with Gasteiger partial charge in [0.1, 0.15) is 5.82 Å². The number of aryl methyl sites for hydroxylation is 2. The first-order chi connectivity index (χ1) is 18.6. The van der Waals surface area contributed by atoms with Crippen LogP contribution in [0.4, 0.5) is 14.9 Å². The van der Waals surface area contributed by atoms with Crippen LogP contribution in [0.5, 0.6) is 0 Å². The Labute approximate surface area is 225 Å². The molecule has 0 bridgehead atoms. The Bertz CT molecular complexity index is 1380. The zero-order chi connectivity index (χ0) is 28.1. The van der Waals surface area contributed by atoms with Crippen molar-refractivity contribution in [3.63, 3.8) is 0 Å². The molecular formula is C29H29FN4O5. The summed E-state index contributed by atoms with van der Waals surface area (Å²) in [5.41, 5.74) is 3.11. The van der Waals surface area contributed by atoms with Crippen LogP contribution in [0.15, 0.2) is 72.8 Å². The third kappa shape index (κ3) is 6.59. The highest BCUT2D eigenvalue weighted by Crippen LogP contribution is 2.24. The molecule has 1 aliphatic heterocycles. The number of anilines is 1. The minimum atomic E-state index is -1.35. The minimum Gasteiger partial charge on any atom is -0.481 e. The van der Waals surface area contributed by atoms with E-state index in [4.69, 9.17) is 0 Å². The van der Waals surface area contributed by atoms with Crippen molar-refractivity contribution in [2.75, 3.05) is 18.4 Å². The van der Waals surface area contributed by atoms with Gasteiger partial charge in [-0.1, -0.05) is 47.5 Å². The first kappa shape index (κ1) is 27.3. The van der Waals surface area contributed by atoms with E-state index < -0.39 is 48.3 Å². The van der Waals surface area contributed by atoms with E-state index in [-0.39, 0.29) is 13.1 Å². The summed E-state index contributed by atoms with van der Waals surface area (Å²) < 4.78 is 13.5. The summed E-state index contributed by atoms with van der Waals surface area (Å²) in [5, 5.41) is 14.9. The average Bonchev–Trinajstić information content (AvgIpc) is 3.35. The summed E-state index contributed by atoms with van der Waals surface area (Å²) in [4.78, 5) is 54.6. The minimum absolute atomic E-state index is 0.0769. The van der Waals surface area contributed by atoms with Gasteiger partial charge in [0, 0.05) is 24.3 Å². The van der Waals surface area contributed by atoms with Gasteiger partial charge in [0.25, 0.3) is 11.8 Å². The van der Waals surface area contributed by atoms with E-state index in [9.17, 15) is 28.7 Å². The van der Waals surface area contributed by atoms with Crippen molar-refractivity contribution in [1.29, 1.82) is 0 Å². The Hall–Kier alpha value is -4.73. The third-order valence-electron chi connectivity index (χ3n) is 6.46. The van der Waals surface area contributed by atoms with Gasteiger partial charge in [-0.25, -0.2) is 9.18 Å². The van der Waals surface area contributed by atoms with Crippen LogP contribution in [0.3, 0.4) is 0 Å². The molecule has 9 nitrogen and oxygen atoms in total. The largest absolute Gasteiger partial charge is 0.481 e. The average molecular weight is 533 g/mol. The third-order valence-corrected chi connectivity index (χ3v) is 6.46. The van der Waals surface area contributed by atoms with Gasteiger partial charge in [-0.2, -0.15) is 0 Å². The molecule has 1 heterocycles. The molecule has 2 unspecified atom stereocenters. The number of benzene rings is 3. The summed E-state index contributed by atoms with van der Waals surface area (Å²) in [5.74, 6) is -2.87. The quantitative estimate of drug-likeness (QED) is 0.424. The number of nitrogens with zero attached hydrogens (tertiary/aromatic N) is 2. The molecule has 0 spiro atoms. The Morgan fingerprint density at radius 3 is 2.23 bits per heavy atom. The molecule has 10 heteroatoms. The lowest BCUT2D eigenvalue weighted by molar-refractivity contribution is -0.138. The highest BCUT2D eigenvalue weighted by molar-refractivity contribution is 6.00. The summed E-state index contributed by atoms with van der Waals surface area (Å²) in [6.45, 7) is 3.92. The molecule has 0 aliphatic carbocycles. The predicted molar refractivity (Wildman–Crippen MR) is 142 cm³/mol. The number of carbonyl (C=O) groups excluding carboxylic acids is 3. The second-order valence-electron chi connectivity index (χ2n) is 9.44. The first-order valence-electron chi connectivity index (χ1n) is 12.4. The lowest BCUT2D eigenvalue weighted by Crippen LogP contribution is -2.55. The molecule has 3 aromatic rings. The molecule has 2 atom stereocenters. The SMILES string of the molecule is Cc1ccc(NC(=O)N2CCN(C(=O)c3cccc(C)c3)C2C(=O)NC(CC(=O)O)c2ccc(F)cc2)cc1. The number of urea groups is 1. The Morgan fingerprint density at radius 2 is 1.59 bits per heavy atom. The fourth-order valence-electron chi connectivity index (χ4n) is 4.48. The fraction of sp³-hybridized carbons (Fsp3) is 0.241. The van der Waals surface area contributed by atoms with Gasteiger partial charge in [0.15, 0.2) is 6.17 Å². The van der Waals surface area contributed by atoms with Crippen LogP contribution >= 0.6 is 0 Å². The van der Waals surface area contributed by atoms with Crippen molar-refractivity contribution in [2.24, 2.45) is 0 Å². The summed E-state index contributed by atoms with van der Waals surface area (Å²) in [6.07, 6.45) is -1.83. The Morgan fingerprint density at radius 1 is 0.923 bits per heavy atom. The number of amides is 4. The maximum absolute atomic E-state index is 13.7. The monoisotopic (exact) mass is 532 g/mol. The molecule has 3 aromatic carbocycles. The van der Waals surface area contributed by atoms with Crippen molar-refractivity contribution in [3.8, 4) is 0 Å². The van der Waals surface area contributed by atoms with Gasteiger partial charge in [-0.15, -0.1) is 0 Å². The number of nitrogens with one attached hydrogen (secondary N) is 2. The second kappa shape index (κ2) is 11.8. The molecule has 202 valence electrons. The van der Waals surface area contributed by atoms with Gasteiger partial charge in [0.2, 0.25) is 0 Å². The standard InChI is InChI=1S/C29H29FN4O5/c1-18-6-12-23(13-7-18)31-29(39)34-15-14-33(28(38)21-5-3-4-19(2)16-21)27(34)26(37)32-24(17-25(35)36)20-8-10-22(30)11-9-20/h3-13,16,24,27H,14-15,17H2,1-2H3,(H,31,39)(H,32,37)(H,35,36). The molecule has 0 aromatic heterocycles. The molecule has 1 saturated heterocycles. The normalized spacial score (nSPS) is 15.5. The Kier molecular flexibility index (Phi) is 8.24. The van der Waals surface area contributed by atoms with Gasteiger partial charge >= 0.3 is 12.0 Å². The van der Waals surface area contributed by atoms with Crippen molar-refractivity contribution >= 4 is 29.5 Å². The lowest BCUT2D eigenvalue weighted by Gasteiger charge is -2.31. The maximum Gasteiger partial charge on any atom is 0.323 e. The molecule has 1 fully saturated rings. The van der Waals surface area contributed by atoms with Crippen LogP contribution in [0, 0.1) is 19.7 Å². The molecule has 4 rings (SSSR count). The van der Waals surface area contributed by atoms with E-state index >= 15 is 0 Å². The highest BCUT2D eigenvalue weighted by atomic mass is 19.1. The zero-order valence-electron chi connectivity index (χ0n) is 21.6. The maximum atomic E-state index is 13.7. The summed E-state index contributed by atoms with van der Waals surface area (Å²) in [6, 6.07) is 17.5. The van der Waals surface area contributed by atoms with E-state index in [1.807, 2.05) is 32.0 Å². The molecule has 4 amide bonds. The van der Waals surface area contributed by atoms with E-state index in [2.05, 4.69) is 10.6 Å². The van der Waals surface area contributed by atoms with Gasteiger partial charge in [0.05, 0.1) is 12.5 Å². The summed E-state index contributed by atoms with van der Waals surface area (Å²) >= 11 is 0. The van der Waals surface area contributed by atoms with Crippen LogP contribution in [-0.2, 0) is 9.59 Å². The number of carbonyl (C=O) groups is 4. The molecule has 3 N–H and O–H groups in total. The number of rotatable bonds is 7. The lowest BCUT2D eigenvalue weighted by atomic mass is 10.0. The van der Waals surface area contributed by atoms with Crippen LogP contribution in [-0.4, -0.2) is 58.0 Å². The van der Waals surface area contributed by atoms with Gasteiger partial charge < -0.3 is 20.6 Å². The molecule has 0 saturated carbocycles. The van der Waals surface area contributed by atoms with Crippen LogP contribution in [0.2, 0.25) is 0 Å². The number of hydrogen-bond donors (Lipinski definition) is 3. The van der Waals surface area contributed by atoms with Crippen LogP contribution < -0.4 is 10.6 Å². The van der Waals surface area contributed by atoms with E-state index in [0.29, 0.717) is 16.8 Å². The van der Waals surface area contributed by atoms with Gasteiger partial charge in [-0.05, 0) is 55.8 Å². The van der Waals surface area contributed by atoms with E-state index in [1.54, 1.807) is 30.3 Å². The fourth-order valence-corrected chi connectivity index (χ4v) is 4.48. The van der Waals surface area contributed by atoms with Crippen molar-refractivity contribution < 1.29 is 28.7 Å². The number of hydrogen-bond acceptors (Lipinski definition) is 4. The summed E-state index contributed by atoms with van der Waals surface area (Å²) in [7, 11) is 0. The van der Waals surface area contributed by atoms with Crippen molar-refractivity contribution in [2.45, 2.75) is 32.5 Å². The van der Waals surface area contributed by atoms with Crippen LogP contribution in [0.1, 0.15) is 39.5 Å². The highest BCUT2D eigenvalue weighted by Gasteiger charge is 2.43. The number of carboxylic acids is 1. The number of halogens is 1. The van der Waals surface area contributed by atoms with Crippen molar-refractivity contribution in [3.05, 3.63) is 101 Å². The first-order valence-corrected chi connectivity index (χ1v) is 12.4. The molecule has 1 aliphatic rings. The Balaban J connectivity index is 1.64. The topological polar surface area (TPSA) is 119 Å². The van der Waals surface area contributed by atoms with E-state index in [0.717, 1.165) is 11.1 Å². The number of carboxylic acid groups (broad SMARTS) is 1. The number of aliphatic carboxylic acids is 1. The molecule has 0 radical (unpaired) electrons. The predicted octanol–water partition coefficient (Wildman–Crippen LogP) is 4.09. The zero-order valence-corrected chi connectivity index (χ0v) is 21.6. The molecule has 39 heavy (non-hydrogen) atoms. The van der Waals surface area contributed by atoms with Gasteiger partial charge in [-0.3, -0.25) is 19.3 Å². The van der Waals surface area contributed by atoms with Crippen molar-refractivity contribution in [1.82, 2.24) is 15.1 Å². The smallest absolute Gasteiger partial charge is 0.323 e. The second-order valence-corrected chi connectivity index (χ2v) is 9.44.